The SMILES string of the molecule is COc1ccc(F)c(C(C)(C)O)c1F. The van der Waals surface area contributed by atoms with Crippen molar-refractivity contribution in [3.63, 3.8) is 0 Å². The molecular formula is C10H12F2O2. The molecule has 1 aromatic carbocycles. The molecule has 0 saturated carbocycles. The Labute approximate surface area is 81.1 Å². The Morgan fingerprint density at radius 2 is 1.86 bits per heavy atom. The van der Waals surface area contributed by atoms with Gasteiger partial charge in [0.1, 0.15) is 5.82 Å². The zero-order chi connectivity index (χ0) is 10.9. The maximum Gasteiger partial charge on any atom is 0.174 e. The van der Waals surface area contributed by atoms with Crippen molar-refractivity contribution in [3.8, 4) is 5.75 Å². The first-order valence-corrected chi connectivity index (χ1v) is 4.12. The average Bonchev–Trinajstić information content (AvgIpc) is 2.02. The fourth-order valence-electron chi connectivity index (χ4n) is 1.25. The zero-order valence-corrected chi connectivity index (χ0v) is 8.27. The second-order valence-corrected chi connectivity index (χ2v) is 3.50. The van der Waals surface area contributed by atoms with Crippen molar-refractivity contribution in [2.75, 3.05) is 7.11 Å². The van der Waals surface area contributed by atoms with Gasteiger partial charge in [-0.3, -0.25) is 0 Å². The van der Waals surface area contributed by atoms with E-state index >= 15 is 0 Å². The highest BCUT2D eigenvalue weighted by atomic mass is 19.1. The van der Waals surface area contributed by atoms with E-state index in [0.29, 0.717) is 0 Å². The van der Waals surface area contributed by atoms with Crippen LogP contribution in [0.15, 0.2) is 12.1 Å². The molecule has 0 spiro atoms. The molecule has 0 aliphatic heterocycles. The van der Waals surface area contributed by atoms with E-state index in [1.54, 1.807) is 0 Å². The molecule has 14 heavy (non-hydrogen) atoms. The van der Waals surface area contributed by atoms with Crippen LogP contribution in [0, 0.1) is 11.6 Å². The van der Waals surface area contributed by atoms with Crippen molar-refractivity contribution in [1.29, 1.82) is 0 Å². The maximum atomic E-state index is 13.5. The third kappa shape index (κ3) is 1.85. The Kier molecular flexibility index (Phi) is 2.76. The normalized spacial score (nSPS) is 11.6. The van der Waals surface area contributed by atoms with Crippen LogP contribution in [0.25, 0.3) is 0 Å². The van der Waals surface area contributed by atoms with Gasteiger partial charge < -0.3 is 9.84 Å². The van der Waals surface area contributed by atoms with Gasteiger partial charge in [0.05, 0.1) is 18.3 Å². The first-order valence-electron chi connectivity index (χ1n) is 4.12. The summed E-state index contributed by atoms with van der Waals surface area (Å²) in [7, 11) is 1.28. The van der Waals surface area contributed by atoms with Crippen LogP contribution in [-0.2, 0) is 5.60 Å². The van der Waals surface area contributed by atoms with Crippen LogP contribution in [0.2, 0.25) is 0 Å². The quantitative estimate of drug-likeness (QED) is 0.796. The van der Waals surface area contributed by atoms with Gasteiger partial charge in [-0.1, -0.05) is 0 Å². The van der Waals surface area contributed by atoms with E-state index in [9.17, 15) is 13.9 Å². The van der Waals surface area contributed by atoms with Crippen LogP contribution in [0.4, 0.5) is 8.78 Å². The summed E-state index contributed by atoms with van der Waals surface area (Å²) in [6.45, 7) is 2.63. The monoisotopic (exact) mass is 202 g/mol. The highest BCUT2D eigenvalue weighted by molar-refractivity contribution is 5.35. The lowest BCUT2D eigenvalue weighted by molar-refractivity contribution is 0.0695. The van der Waals surface area contributed by atoms with Crippen LogP contribution < -0.4 is 4.74 Å². The lowest BCUT2D eigenvalue weighted by Crippen LogP contribution is -2.20. The van der Waals surface area contributed by atoms with Crippen LogP contribution in [0.3, 0.4) is 0 Å². The predicted molar refractivity (Wildman–Crippen MR) is 48.2 cm³/mol. The number of aliphatic hydroxyl groups is 1. The average molecular weight is 202 g/mol. The predicted octanol–water partition coefficient (Wildman–Crippen LogP) is 2.20. The first-order chi connectivity index (χ1) is 6.38. The largest absolute Gasteiger partial charge is 0.494 e. The number of hydrogen-bond acceptors (Lipinski definition) is 2. The molecule has 0 saturated heterocycles. The Morgan fingerprint density at radius 1 is 1.29 bits per heavy atom. The number of hydrogen-bond donors (Lipinski definition) is 1. The van der Waals surface area contributed by atoms with Gasteiger partial charge in [-0.25, -0.2) is 8.78 Å². The van der Waals surface area contributed by atoms with Crippen molar-refractivity contribution in [1.82, 2.24) is 0 Å². The third-order valence-corrected chi connectivity index (χ3v) is 1.89. The molecule has 0 amide bonds. The lowest BCUT2D eigenvalue weighted by atomic mass is 9.97. The van der Waals surface area contributed by atoms with Crippen molar-refractivity contribution < 1.29 is 18.6 Å². The van der Waals surface area contributed by atoms with Crippen LogP contribution >= 0.6 is 0 Å². The van der Waals surface area contributed by atoms with E-state index in [-0.39, 0.29) is 11.3 Å². The Balaban J connectivity index is 3.40. The standard InChI is InChI=1S/C10H12F2O2/c1-10(2,13)8-6(11)4-5-7(14-3)9(8)12/h4-5,13H,1-3H3. The summed E-state index contributed by atoms with van der Waals surface area (Å²) in [4.78, 5) is 0. The Hall–Kier alpha value is -1.16. The molecule has 0 radical (unpaired) electrons. The summed E-state index contributed by atoms with van der Waals surface area (Å²) in [6, 6.07) is 2.25. The van der Waals surface area contributed by atoms with Gasteiger partial charge in [0.15, 0.2) is 11.6 Å². The molecule has 0 atom stereocenters. The van der Waals surface area contributed by atoms with Crippen molar-refractivity contribution in [2.45, 2.75) is 19.4 Å². The van der Waals surface area contributed by atoms with Crippen LogP contribution in [0.1, 0.15) is 19.4 Å². The summed E-state index contributed by atoms with van der Waals surface area (Å²) < 4.78 is 31.4. The number of ether oxygens (including phenoxy) is 1. The summed E-state index contributed by atoms with van der Waals surface area (Å²) in [5.41, 5.74) is -1.94. The maximum absolute atomic E-state index is 13.5. The van der Waals surface area contributed by atoms with Crippen LogP contribution in [-0.4, -0.2) is 12.2 Å². The number of rotatable bonds is 2. The highest BCUT2D eigenvalue weighted by Crippen LogP contribution is 2.30. The smallest absolute Gasteiger partial charge is 0.174 e. The third-order valence-electron chi connectivity index (χ3n) is 1.89. The van der Waals surface area contributed by atoms with Crippen molar-refractivity contribution in [3.05, 3.63) is 29.3 Å². The van der Waals surface area contributed by atoms with Gasteiger partial charge in [0.25, 0.3) is 0 Å². The summed E-state index contributed by atoms with van der Waals surface area (Å²) in [5, 5.41) is 9.54. The molecule has 0 aliphatic rings. The Morgan fingerprint density at radius 3 is 2.29 bits per heavy atom. The van der Waals surface area contributed by atoms with E-state index < -0.39 is 17.2 Å². The van der Waals surface area contributed by atoms with Gasteiger partial charge >= 0.3 is 0 Å². The van der Waals surface area contributed by atoms with E-state index in [1.807, 2.05) is 0 Å². The molecule has 78 valence electrons. The topological polar surface area (TPSA) is 29.5 Å². The fourth-order valence-corrected chi connectivity index (χ4v) is 1.25. The van der Waals surface area contributed by atoms with Gasteiger partial charge in [-0.2, -0.15) is 0 Å². The molecular weight excluding hydrogens is 190 g/mol. The van der Waals surface area contributed by atoms with Crippen molar-refractivity contribution in [2.24, 2.45) is 0 Å². The van der Waals surface area contributed by atoms with Gasteiger partial charge in [0, 0.05) is 0 Å². The van der Waals surface area contributed by atoms with Crippen molar-refractivity contribution >= 4 is 0 Å². The highest BCUT2D eigenvalue weighted by Gasteiger charge is 2.27. The number of benzene rings is 1. The molecule has 2 nitrogen and oxygen atoms in total. The molecule has 4 heteroatoms. The second-order valence-electron chi connectivity index (χ2n) is 3.50. The fraction of sp³-hybridized carbons (Fsp3) is 0.400. The molecule has 1 N–H and O–H groups in total. The zero-order valence-electron chi connectivity index (χ0n) is 8.27. The van der Waals surface area contributed by atoms with Gasteiger partial charge in [0.2, 0.25) is 0 Å². The van der Waals surface area contributed by atoms with E-state index in [1.165, 1.54) is 27.0 Å². The van der Waals surface area contributed by atoms with E-state index in [0.717, 1.165) is 6.07 Å². The molecule has 0 fully saturated rings. The summed E-state index contributed by atoms with van der Waals surface area (Å²) in [5.74, 6) is -1.72. The minimum Gasteiger partial charge on any atom is -0.494 e. The number of halogens is 2. The lowest BCUT2D eigenvalue weighted by Gasteiger charge is -2.20. The van der Waals surface area contributed by atoms with Gasteiger partial charge in [-0.15, -0.1) is 0 Å². The minimum absolute atomic E-state index is 0.0801. The minimum atomic E-state index is -1.57. The molecule has 1 rings (SSSR count). The van der Waals surface area contributed by atoms with Crippen LogP contribution in [0.5, 0.6) is 5.75 Å². The molecule has 0 aliphatic carbocycles. The van der Waals surface area contributed by atoms with E-state index in [4.69, 9.17) is 0 Å². The first kappa shape index (κ1) is 10.9. The number of methoxy groups -OCH3 is 1. The molecule has 1 aromatic rings. The van der Waals surface area contributed by atoms with Gasteiger partial charge in [-0.05, 0) is 26.0 Å². The molecule has 0 bridgehead atoms. The second kappa shape index (κ2) is 3.53. The molecule has 0 aromatic heterocycles. The van der Waals surface area contributed by atoms with E-state index in [2.05, 4.69) is 4.74 Å². The molecule has 0 unspecified atom stereocenters. The molecule has 0 heterocycles. The summed E-state index contributed by atoms with van der Waals surface area (Å²) in [6.07, 6.45) is 0. The Bertz CT molecular complexity index is 343. The summed E-state index contributed by atoms with van der Waals surface area (Å²) >= 11 is 0.